The number of rotatable bonds is 7. The normalized spacial score (nSPS) is 12.1. The van der Waals surface area contributed by atoms with E-state index in [1.807, 2.05) is 0 Å². The summed E-state index contributed by atoms with van der Waals surface area (Å²) in [5.74, 6) is -2.98. The minimum Gasteiger partial charge on any atom is -0.464 e. The molecule has 0 spiro atoms. The number of carbonyl (C=O) groups excluding carboxylic acids is 1. The van der Waals surface area contributed by atoms with Crippen molar-refractivity contribution < 1.29 is 27.8 Å². The third kappa shape index (κ3) is 4.02. The highest BCUT2D eigenvalue weighted by Gasteiger charge is 2.20. The Kier molecular flexibility index (Phi) is 6.01. The first-order valence-corrected chi connectivity index (χ1v) is 9.15. The summed E-state index contributed by atoms with van der Waals surface area (Å²) in [4.78, 5) is 23.6. The summed E-state index contributed by atoms with van der Waals surface area (Å²) in [6, 6.07) is 7.58. The maximum absolute atomic E-state index is 14.4. The largest absolute Gasteiger partial charge is 0.464 e. The van der Waals surface area contributed by atoms with Crippen molar-refractivity contribution in [2.45, 2.75) is 13.2 Å². The molecule has 1 atom stereocenters. The van der Waals surface area contributed by atoms with Crippen molar-refractivity contribution in [3.8, 4) is 5.75 Å². The summed E-state index contributed by atoms with van der Waals surface area (Å²) in [6.07, 6.45) is 0.170. The minimum atomic E-state index is -1.21. The van der Waals surface area contributed by atoms with Crippen molar-refractivity contribution in [3.05, 3.63) is 64.8 Å². The van der Waals surface area contributed by atoms with Gasteiger partial charge in [0.2, 0.25) is 0 Å². The van der Waals surface area contributed by atoms with E-state index in [4.69, 9.17) is 14.2 Å². The first-order chi connectivity index (χ1) is 13.4. The summed E-state index contributed by atoms with van der Waals surface area (Å²) < 4.78 is 45.0. The quantitative estimate of drug-likeness (QED) is 0.194. The SMILES string of the molecule is C=CC(=O)OCCOC(C)Oc1cc(F)c(F)c2c(=O)c3ccccc3sc12. The average molecular weight is 406 g/mol. The van der Waals surface area contributed by atoms with E-state index in [1.165, 1.54) is 0 Å². The monoisotopic (exact) mass is 406 g/mol. The van der Waals surface area contributed by atoms with Crippen LogP contribution < -0.4 is 10.2 Å². The van der Waals surface area contributed by atoms with Gasteiger partial charge in [-0.15, -0.1) is 11.3 Å². The van der Waals surface area contributed by atoms with Crippen molar-refractivity contribution in [1.29, 1.82) is 0 Å². The predicted octanol–water partition coefficient (Wildman–Crippen LogP) is 4.16. The number of hydrogen-bond donors (Lipinski definition) is 0. The number of ether oxygens (including phenoxy) is 3. The fourth-order valence-corrected chi connectivity index (χ4v) is 3.72. The van der Waals surface area contributed by atoms with Crippen LogP contribution in [0.1, 0.15) is 6.92 Å². The van der Waals surface area contributed by atoms with Crippen LogP contribution in [0.25, 0.3) is 20.2 Å². The molecule has 0 bridgehead atoms. The zero-order chi connectivity index (χ0) is 20.3. The van der Waals surface area contributed by atoms with E-state index in [1.54, 1.807) is 31.2 Å². The molecule has 2 aromatic carbocycles. The lowest BCUT2D eigenvalue weighted by atomic mass is 10.1. The van der Waals surface area contributed by atoms with Crippen LogP contribution in [0.5, 0.6) is 5.75 Å². The molecule has 0 N–H and O–H groups in total. The predicted molar refractivity (Wildman–Crippen MR) is 103 cm³/mol. The van der Waals surface area contributed by atoms with Crippen LogP contribution in [-0.2, 0) is 14.3 Å². The van der Waals surface area contributed by atoms with Crippen LogP contribution in [0.15, 0.2) is 47.8 Å². The van der Waals surface area contributed by atoms with Crippen LogP contribution in [0.3, 0.4) is 0 Å². The molecule has 5 nitrogen and oxygen atoms in total. The second-order valence-corrected chi connectivity index (χ2v) is 6.78. The molecule has 28 heavy (non-hydrogen) atoms. The van der Waals surface area contributed by atoms with E-state index in [9.17, 15) is 18.4 Å². The average Bonchev–Trinajstić information content (AvgIpc) is 2.69. The van der Waals surface area contributed by atoms with Crippen LogP contribution >= 0.6 is 11.3 Å². The lowest BCUT2D eigenvalue weighted by molar-refractivity contribution is -0.142. The van der Waals surface area contributed by atoms with Gasteiger partial charge in [-0.2, -0.15) is 0 Å². The maximum atomic E-state index is 14.4. The molecule has 1 unspecified atom stereocenters. The Labute approximate surface area is 162 Å². The summed E-state index contributed by atoms with van der Waals surface area (Å²) >= 11 is 1.12. The molecule has 3 aromatic rings. The van der Waals surface area contributed by atoms with E-state index < -0.39 is 29.3 Å². The Morgan fingerprint density at radius 2 is 2.04 bits per heavy atom. The van der Waals surface area contributed by atoms with Gasteiger partial charge < -0.3 is 14.2 Å². The zero-order valence-electron chi connectivity index (χ0n) is 14.9. The number of benzene rings is 2. The fraction of sp³-hybridized carbons (Fsp3) is 0.200. The molecule has 0 amide bonds. The van der Waals surface area contributed by atoms with Gasteiger partial charge in [0.25, 0.3) is 0 Å². The minimum absolute atomic E-state index is 0.00246. The molecule has 0 saturated carbocycles. The molecule has 0 aliphatic heterocycles. The van der Waals surface area contributed by atoms with Crippen molar-refractivity contribution in [2.24, 2.45) is 0 Å². The molecule has 146 valence electrons. The number of carbonyl (C=O) groups is 1. The van der Waals surface area contributed by atoms with Gasteiger partial charge >= 0.3 is 5.97 Å². The highest BCUT2D eigenvalue weighted by atomic mass is 32.1. The number of hydrogen-bond acceptors (Lipinski definition) is 6. The molecule has 1 aromatic heterocycles. The van der Waals surface area contributed by atoms with Crippen molar-refractivity contribution in [1.82, 2.24) is 0 Å². The molecule has 1 heterocycles. The standard InChI is InChI=1S/C20H16F2O5S/c1-3-16(23)26-9-8-25-11(2)27-14-10-13(21)18(22)17-19(24)12-6-4-5-7-15(12)28-20(14)17/h3-7,10-11H,1,8-9H2,2H3. The van der Waals surface area contributed by atoms with Gasteiger partial charge in [-0.3, -0.25) is 4.79 Å². The Morgan fingerprint density at radius 1 is 1.29 bits per heavy atom. The molecule has 0 aliphatic carbocycles. The van der Waals surface area contributed by atoms with Crippen LogP contribution in [0.2, 0.25) is 0 Å². The number of fused-ring (bicyclic) bond motifs is 2. The summed E-state index contributed by atoms with van der Waals surface area (Å²) in [6.45, 7) is 4.83. The van der Waals surface area contributed by atoms with Gasteiger partial charge in [0, 0.05) is 22.2 Å². The summed E-state index contributed by atoms with van der Waals surface area (Å²) in [5, 5.41) is -0.0467. The Morgan fingerprint density at radius 3 is 2.79 bits per heavy atom. The Hall–Kier alpha value is -2.84. The smallest absolute Gasteiger partial charge is 0.330 e. The highest BCUT2D eigenvalue weighted by Crippen LogP contribution is 2.35. The molecular formula is C20H16F2O5S. The van der Waals surface area contributed by atoms with E-state index in [2.05, 4.69) is 6.58 Å². The van der Waals surface area contributed by atoms with Gasteiger partial charge in [-0.25, -0.2) is 13.6 Å². The molecular weight excluding hydrogens is 390 g/mol. The number of esters is 1. The van der Waals surface area contributed by atoms with Crippen molar-refractivity contribution >= 4 is 37.5 Å². The first kappa shape index (κ1) is 19.9. The lowest BCUT2D eigenvalue weighted by Gasteiger charge is -2.17. The van der Waals surface area contributed by atoms with E-state index in [0.29, 0.717) is 10.1 Å². The summed E-state index contributed by atoms with van der Waals surface area (Å²) in [5.41, 5.74) is -0.601. The van der Waals surface area contributed by atoms with Crippen LogP contribution in [-0.4, -0.2) is 25.5 Å². The lowest BCUT2D eigenvalue weighted by Crippen LogP contribution is -2.20. The van der Waals surface area contributed by atoms with Gasteiger partial charge in [0.15, 0.2) is 23.4 Å². The van der Waals surface area contributed by atoms with E-state index >= 15 is 0 Å². The second-order valence-electron chi connectivity index (χ2n) is 5.73. The van der Waals surface area contributed by atoms with E-state index in [-0.39, 0.29) is 29.0 Å². The third-order valence-corrected chi connectivity index (χ3v) is 5.03. The van der Waals surface area contributed by atoms with Crippen LogP contribution in [0.4, 0.5) is 8.78 Å². The third-order valence-electron chi connectivity index (χ3n) is 3.85. The van der Waals surface area contributed by atoms with Crippen molar-refractivity contribution in [2.75, 3.05) is 13.2 Å². The molecule has 8 heteroatoms. The van der Waals surface area contributed by atoms with Gasteiger partial charge in [-0.05, 0) is 19.1 Å². The van der Waals surface area contributed by atoms with Gasteiger partial charge in [0.05, 0.1) is 16.7 Å². The Balaban J connectivity index is 1.91. The molecule has 3 rings (SSSR count). The van der Waals surface area contributed by atoms with E-state index in [0.717, 1.165) is 23.5 Å². The van der Waals surface area contributed by atoms with Crippen LogP contribution in [0, 0.1) is 11.6 Å². The maximum Gasteiger partial charge on any atom is 0.330 e. The second kappa shape index (κ2) is 8.45. The zero-order valence-corrected chi connectivity index (χ0v) is 15.7. The molecule has 0 aliphatic rings. The fourth-order valence-electron chi connectivity index (χ4n) is 2.59. The molecule has 0 fully saturated rings. The topological polar surface area (TPSA) is 61.8 Å². The van der Waals surface area contributed by atoms with Gasteiger partial charge in [0.1, 0.15) is 12.4 Å². The molecule has 0 saturated heterocycles. The van der Waals surface area contributed by atoms with Crippen molar-refractivity contribution in [3.63, 3.8) is 0 Å². The number of halogens is 2. The highest BCUT2D eigenvalue weighted by molar-refractivity contribution is 7.24. The Bertz CT molecular complexity index is 1110. The summed E-state index contributed by atoms with van der Waals surface area (Å²) in [7, 11) is 0. The first-order valence-electron chi connectivity index (χ1n) is 8.33. The van der Waals surface area contributed by atoms with Gasteiger partial charge in [-0.1, -0.05) is 18.7 Å². The molecule has 0 radical (unpaired) electrons.